The molecule has 8 nitrogen and oxygen atoms in total. The second kappa shape index (κ2) is 10.0. The number of anilines is 1. The van der Waals surface area contributed by atoms with Crippen LogP contribution in [0.5, 0.6) is 23.0 Å². The van der Waals surface area contributed by atoms with E-state index in [1.807, 2.05) is 42.3 Å². The van der Waals surface area contributed by atoms with Gasteiger partial charge in [-0.15, -0.1) is 0 Å². The fraction of sp³-hybridized carbons (Fsp3) is 0.214. The van der Waals surface area contributed by atoms with Gasteiger partial charge in [-0.1, -0.05) is 18.2 Å². The third-order valence-electron chi connectivity index (χ3n) is 6.13. The minimum absolute atomic E-state index is 0.109. The van der Waals surface area contributed by atoms with Crippen molar-refractivity contribution >= 4 is 23.5 Å². The molecule has 1 amide bonds. The second-order valence-electron chi connectivity index (χ2n) is 8.47. The quantitative estimate of drug-likeness (QED) is 0.502. The molecule has 36 heavy (non-hydrogen) atoms. The van der Waals surface area contributed by atoms with Crippen molar-refractivity contribution in [3.05, 3.63) is 83.1 Å². The molecule has 1 N–H and O–H groups in total. The Morgan fingerprint density at radius 3 is 2.58 bits per heavy atom. The molecule has 0 atom stereocenters. The van der Waals surface area contributed by atoms with E-state index in [-0.39, 0.29) is 25.1 Å². The lowest BCUT2D eigenvalue weighted by molar-refractivity contribution is -0.118. The summed E-state index contributed by atoms with van der Waals surface area (Å²) in [5.41, 5.74) is 3.48. The van der Waals surface area contributed by atoms with E-state index in [4.69, 9.17) is 18.9 Å². The van der Waals surface area contributed by atoms with Crippen molar-refractivity contribution in [2.45, 2.75) is 6.42 Å². The molecule has 8 heteroatoms. The molecular formula is C28H26N2O6. The number of ketones is 1. The zero-order valence-corrected chi connectivity index (χ0v) is 20.1. The van der Waals surface area contributed by atoms with E-state index in [1.165, 1.54) is 0 Å². The van der Waals surface area contributed by atoms with Crippen LogP contribution in [-0.4, -0.2) is 50.7 Å². The Kier molecular flexibility index (Phi) is 6.49. The maximum atomic E-state index is 13.5. The third kappa shape index (κ3) is 4.70. The van der Waals surface area contributed by atoms with Crippen LogP contribution < -0.4 is 24.3 Å². The maximum absolute atomic E-state index is 13.5. The first kappa shape index (κ1) is 23.3. The lowest BCUT2D eigenvalue weighted by Gasteiger charge is -2.20. The van der Waals surface area contributed by atoms with Gasteiger partial charge in [-0.25, -0.2) is 0 Å². The van der Waals surface area contributed by atoms with E-state index in [0.29, 0.717) is 46.5 Å². The van der Waals surface area contributed by atoms with Gasteiger partial charge in [0.25, 0.3) is 5.91 Å². The summed E-state index contributed by atoms with van der Waals surface area (Å²) < 4.78 is 22.3. The van der Waals surface area contributed by atoms with Crippen LogP contribution in [0.15, 0.2) is 66.4 Å². The number of nitrogens with zero attached hydrogens (tertiary/aromatic N) is 1. The maximum Gasteiger partial charge on any atom is 0.262 e. The topological polar surface area (TPSA) is 86.3 Å². The van der Waals surface area contributed by atoms with Crippen LogP contribution in [-0.2, 0) is 11.2 Å². The number of ether oxygens (including phenoxy) is 4. The van der Waals surface area contributed by atoms with Crippen LogP contribution in [0.3, 0.4) is 0 Å². The molecule has 2 aliphatic rings. The normalized spacial score (nSPS) is 13.8. The highest BCUT2D eigenvalue weighted by molar-refractivity contribution is 6.11. The predicted molar refractivity (Wildman–Crippen MR) is 135 cm³/mol. The molecular weight excluding hydrogens is 460 g/mol. The molecule has 0 saturated heterocycles. The number of allylic oxidation sites excluding steroid dienone is 1. The number of para-hydroxylation sites is 1. The number of Topliss-reactive ketones (excluding diaryl/α,β-unsaturated/α-hetero) is 1. The SMILES string of the molecule is COc1c2c(cc3c1OCO3)CCN(C)C(C(=O)c1ccc(NC(=O)COc3ccccc3)cc1)=C2. The standard InChI is InChI=1S/C28H26N2O6/c1-30-13-12-19-14-24-28(36-17-35-24)27(33-2)22(19)15-23(30)26(32)18-8-10-20(11-9-18)29-25(31)16-34-21-6-4-3-5-7-21/h3-11,14-15H,12-13,16-17H2,1-2H3,(H,29,31). The molecule has 0 saturated carbocycles. The van der Waals surface area contributed by atoms with Crippen molar-refractivity contribution in [3.63, 3.8) is 0 Å². The van der Waals surface area contributed by atoms with Gasteiger partial charge >= 0.3 is 0 Å². The molecule has 0 aliphatic carbocycles. The number of carbonyl (C=O) groups excluding carboxylic acids is 2. The third-order valence-corrected chi connectivity index (χ3v) is 6.13. The van der Waals surface area contributed by atoms with Gasteiger partial charge in [0.15, 0.2) is 18.1 Å². The first-order chi connectivity index (χ1) is 17.5. The summed E-state index contributed by atoms with van der Waals surface area (Å²) in [4.78, 5) is 27.7. The Bertz CT molecular complexity index is 1320. The number of methoxy groups -OCH3 is 1. The van der Waals surface area contributed by atoms with E-state index in [0.717, 1.165) is 17.5 Å². The smallest absolute Gasteiger partial charge is 0.262 e. The van der Waals surface area contributed by atoms with Crippen LogP contribution in [0.25, 0.3) is 6.08 Å². The number of carbonyl (C=O) groups is 2. The summed E-state index contributed by atoms with van der Waals surface area (Å²) in [6.07, 6.45) is 2.57. The van der Waals surface area contributed by atoms with Crippen molar-refractivity contribution in [1.82, 2.24) is 4.90 Å². The molecule has 3 aromatic rings. The highest BCUT2D eigenvalue weighted by Crippen LogP contribution is 2.46. The number of hydrogen-bond acceptors (Lipinski definition) is 7. The first-order valence-corrected chi connectivity index (χ1v) is 11.6. The summed E-state index contributed by atoms with van der Waals surface area (Å²) in [6, 6.07) is 17.9. The molecule has 0 fully saturated rings. The van der Waals surface area contributed by atoms with Gasteiger partial charge < -0.3 is 29.2 Å². The van der Waals surface area contributed by atoms with Crippen molar-refractivity contribution in [2.24, 2.45) is 0 Å². The molecule has 2 aliphatic heterocycles. The Morgan fingerprint density at radius 1 is 1.06 bits per heavy atom. The summed E-state index contributed by atoms with van der Waals surface area (Å²) in [7, 11) is 3.48. The highest BCUT2D eigenvalue weighted by Gasteiger charge is 2.28. The minimum atomic E-state index is -0.286. The molecule has 0 bridgehead atoms. The Morgan fingerprint density at radius 2 is 1.83 bits per heavy atom. The molecule has 5 rings (SSSR count). The van der Waals surface area contributed by atoms with Crippen molar-refractivity contribution < 1.29 is 28.5 Å². The van der Waals surface area contributed by atoms with Gasteiger partial charge in [0.05, 0.1) is 12.8 Å². The lowest BCUT2D eigenvalue weighted by Crippen LogP contribution is -2.24. The zero-order valence-electron chi connectivity index (χ0n) is 20.1. The van der Waals surface area contributed by atoms with Crippen LogP contribution >= 0.6 is 0 Å². The molecule has 184 valence electrons. The van der Waals surface area contributed by atoms with Crippen molar-refractivity contribution in [1.29, 1.82) is 0 Å². The molecule has 0 aromatic heterocycles. The van der Waals surface area contributed by atoms with Gasteiger partial charge in [-0.05, 0) is 60.5 Å². The van der Waals surface area contributed by atoms with E-state index in [2.05, 4.69) is 5.32 Å². The number of fused-ring (bicyclic) bond motifs is 2. The number of benzene rings is 3. The second-order valence-corrected chi connectivity index (χ2v) is 8.47. The van der Waals surface area contributed by atoms with E-state index in [9.17, 15) is 9.59 Å². The van der Waals surface area contributed by atoms with Crippen molar-refractivity contribution in [2.75, 3.05) is 39.4 Å². The van der Waals surface area contributed by atoms with Gasteiger partial charge in [0.2, 0.25) is 18.3 Å². The van der Waals surface area contributed by atoms with Crippen LogP contribution in [0.4, 0.5) is 5.69 Å². The summed E-state index contributed by atoms with van der Waals surface area (Å²) in [5.74, 6) is 1.98. The van der Waals surface area contributed by atoms with E-state index < -0.39 is 0 Å². The monoisotopic (exact) mass is 486 g/mol. The van der Waals surface area contributed by atoms with Crippen molar-refractivity contribution in [3.8, 4) is 23.0 Å². The van der Waals surface area contributed by atoms with Gasteiger partial charge in [0.1, 0.15) is 5.75 Å². The summed E-state index contributed by atoms with van der Waals surface area (Å²) in [5, 5.41) is 2.79. The van der Waals surface area contributed by atoms with E-state index in [1.54, 1.807) is 43.5 Å². The summed E-state index contributed by atoms with van der Waals surface area (Å²) in [6.45, 7) is 0.691. The predicted octanol–water partition coefficient (Wildman–Crippen LogP) is 4.15. The molecule has 3 aromatic carbocycles. The average Bonchev–Trinajstić information content (AvgIpc) is 3.31. The van der Waals surface area contributed by atoms with Gasteiger partial charge in [0, 0.05) is 30.4 Å². The molecule has 0 radical (unpaired) electrons. The summed E-state index contributed by atoms with van der Waals surface area (Å²) >= 11 is 0. The average molecular weight is 487 g/mol. The van der Waals surface area contributed by atoms with E-state index >= 15 is 0 Å². The van der Waals surface area contributed by atoms with Crippen LogP contribution in [0.2, 0.25) is 0 Å². The number of nitrogens with one attached hydrogen (secondary N) is 1. The van der Waals surface area contributed by atoms with Gasteiger partial charge in [-0.3, -0.25) is 9.59 Å². The number of rotatable bonds is 7. The fourth-order valence-corrected chi connectivity index (χ4v) is 4.25. The first-order valence-electron chi connectivity index (χ1n) is 11.6. The van der Waals surface area contributed by atoms with Gasteiger partial charge in [-0.2, -0.15) is 0 Å². The lowest BCUT2D eigenvalue weighted by atomic mass is 10.0. The minimum Gasteiger partial charge on any atom is -0.492 e. The van der Waals surface area contributed by atoms with Crippen LogP contribution in [0, 0.1) is 0 Å². The highest BCUT2D eigenvalue weighted by atomic mass is 16.7. The number of amides is 1. The number of likely N-dealkylation sites (N-methyl/N-ethyl adjacent to an activating group) is 1. The Hall–Kier alpha value is -4.46. The fourth-order valence-electron chi connectivity index (χ4n) is 4.25. The molecule has 0 unspecified atom stereocenters. The Balaban J connectivity index is 1.32. The number of hydrogen-bond donors (Lipinski definition) is 1. The molecule has 2 heterocycles. The molecule has 0 spiro atoms. The zero-order chi connectivity index (χ0) is 25.1. The largest absolute Gasteiger partial charge is 0.492 e. The van der Waals surface area contributed by atoms with Crippen LogP contribution in [0.1, 0.15) is 21.5 Å². The Labute approximate surface area is 209 Å².